The van der Waals surface area contributed by atoms with Crippen LogP contribution in [0.4, 0.5) is 0 Å². The molecule has 128 valence electrons. The SMILES string of the molecule is COc1cc(Br)c(CNC(=O)c2cc(C(N)=O)cn2C)cc1OC. The fourth-order valence-corrected chi connectivity index (χ4v) is 2.69. The van der Waals surface area contributed by atoms with Crippen molar-refractivity contribution in [1.29, 1.82) is 0 Å². The van der Waals surface area contributed by atoms with E-state index in [2.05, 4.69) is 21.2 Å². The average Bonchev–Trinajstić information content (AvgIpc) is 2.95. The van der Waals surface area contributed by atoms with Crippen molar-refractivity contribution in [2.45, 2.75) is 6.54 Å². The third-order valence-electron chi connectivity index (χ3n) is 3.51. The molecule has 0 spiro atoms. The molecular formula is C16H18BrN3O4. The molecule has 2 rings (SSSR count). The van der Waals surface area contributed by atoms with Crippen molar-refractivity contribution in [3.05, 3.63) is 45.7 Å². The molecular weight excluding hydrogens is 378 g/mol. The summed E-state index contributed by atoms with van der Waals surface area (Å²) in [6, 6.07) is 5.01. The van der Waals surface area contributed by atoms with E-state index in [0.29, 0.717) is 17.2 Å². The van der Waals surface area contributed by atoms with E-state index < -0.39 is 5.91 Å². The lowest BCUT2D eigenvalue weighted by atomic mass is 10.2. The molecule has 0 aliphatic rings. The standard InChI is InChI=1S/C16H18BrN3O4/c1-20-8-10(15(18)21)4-12(20)16(22)19-7-9-5-13(23-2)14(24-3)6-11(9)17/h4-6,8H,7H2,1-3H3,(H2,18,21)(H,19,22). The summed E-state index contributed by atoms with van der Waals surface area (Å²) in [6.45, 7) is 0.275. The Hall–Kier alpha value is -2.48. The van der Waals surface area contributed by atoms with Gasteiger partial charge in [-0.3, -0.25) is 9.59 Å². The van der Waals surface area contributed by atoms with Gasteiger partial charge < -0.3 is 25.1 Å². The van der Waals surface area contributed by atoms with Crippen LogP contribution in [0.1, 0.15) is 26.4 Å². The van der Waals surface area contributed by atoms with Crippen LogP contribution in [-0.2, 0) is 13.6 Å². The topological polar surface area (TPSA) is 95.6 Å². The van der Waals surface area contributed by atoms with Gasteiger partial charge in [0.1, 0.15) is 5.69 Å². The number of hydrogen-bond donors (Lipinski definition) is 2. The normalized spacial score (nSPS) is 10.3. The number of benzene rings is 1. The van der Waals surface area contributed by atoms with Crippen LogP contribution in [-0.4, -0.2) is 30.6 Å². The predicted octanol–water partition coefficient (Wildman–Crippen LogP) is 1.83. The first-order valence-electron chi connectivity index (χ1n) is 7.02. The van der Waals surface area contributed by atoms with Crippen molar-refractivity contribution in [2.75, 3.05) is 14.2 Å². The summed E-state index contributed by atoms with van der Waals surface area (Å²) < 4.78 is 12.8. The number of carbonyl (C=O) groups excluding carboxylic acids is 2. The molecule has 0 atom stereocenters. The zero-order chi connectivity index (χ0) is 17.9. The summed E-state index contributed by atoms with van der Waals surface area (Å²) in [4.78, 5) is 23.5. The van der Waals surface area contributed by atoms with E-state index in [4.69, 9.17) is 15.2 Å². The van der Waals surface area contributed by atoms with Gasteiger partial charge in [-0.25, -0.2) is 0 Å². The van der Waals surface area contributed by atoms with Crippen LogP contribution < -0.4 is 20.5 Å². The lowest BCUT2D eigenvalue weighted by Crippen LogP contribution is -2.25. The Kier molecular flexibility index (Phi) is 5.50. The van der Waals surface area contributed by atoms with Crippen molar-refractivity contribution < 1.29 is 19.1 Å². The summed E-state index contributed by atoms with van der Waals surface area (Å²) in [7, 11) is 4.77. The number of aromatic nitrogens is 1. The van der Waals surface area contributed by atoms with Gasteiger partial charge in [0.15, 0.2) is 11.5 Å². The summed E-state index contributed by atoms with van der Waals surface area (Å²) in [5, 5.41) is 2.80. The Bertz CT molecular complexity index is 786. The highest BCUT2D eigenvalue weighted by atomic mass is 79.9. The fraction of sp³-hybridized carbons (Fsp3) is 0.250. The number of carbonyl (C=O) groups is 2. The molecule has 1 aromatic carbocycles. The summed E-state index contributed by atoms with van der Waals surface area (Å²) in [5.74, 6) is 0.270. The van der Waals surface area contributed by atoms with E-state index in [1.807, 2.05) is 0 Å². The first kappa shape index (κ1) is 17.9. The molecule has 7 nitrogen and oxygen atoms in total. The van der Waals surface area contributed by atoms with Crippen molar-refractivity contribution in [1.82, 2.24) is 9.88 Å². The Morgan fingerprint density at radius 2 is 1.83 bits per heavy atom. The second-order valence-corrected chi connectivity index (χ2v) is 5.92. The minimum atomic E-state index is -0.577. The molecule has 2 amide bonds. The van der Waals surface area contributed by atoms with Crippen LogP contribution >= 0.6 is 15.9 Å². The van der Waals surface area contributed by atoms with Gasteiger partial charge in [-0.2, -0.15) is 0 Å². The van der Waals surface area contributed by atoms with Gasteiger partial charge in [-0.15, -0.1) is 0 Å². The second kappa shape index (κ2) is 7.39. The third kappa shape index (κ3) is 3.70. The molecule has 0 aliphatic heterocycles. The number of ether oxygens (including phenoxy) is 2. The van der Waals surface area contributed by atoms with E-state index >= 15 is 0 Å². The zero-order valence-electron chi connectivity index (χ0n) is 13.6. The third-order valence-corrected chi connectivity index (χ3v) is 4.25. The maximum atomic E-state index is 12.3. The lowest BCUT2D eigenvalue weighted by molar-refractivity contribution is 0.0942. The molecule has 1 aromatic heterocycles. The van der Waals surface area contributed by atoms with Crippen LogP contribution in [0.5, 0.6) is 11.5 Å². The molecule has 0 radical (unpaired) electrons. The zero-order valence-corrected chi connectivity index (χ0v) is 15.1. The lowest BCUT2D eigenvalue weighted by Gasteiger charge is -2.12. The minimum absolute atomic E-state index is 0.275. The largest absolute Gasteiger partial charge is 0.493 e. The number of nitrogens with one attached hydrogen (secondary N) is 1. The highest BCUT2D eigenvalue weighted by Gasteiger charge is 2.15. The van der Waals surface area contributed by atoms with Crippen LogP contribution in [0.3, 0.4) is 0 Å². The highest BCUT2D eigenvalue weighted by Crippen LogP contribution is 2.33. The fourth-order valence-electron chi connectivity index (χ4n) is 2.22. The average molecular weight is 396 g/mol. The van der Waals surface area contributed by atoms with E-state index in [0.717, 1.165) is 10.0 Å². The summed E-state index contributed by atoms with van der Waals surface area (Å²) in [5.41, 5.74) is 6.68. The van der Waals surface area contributed by atoms with Crippen molar-refractivity contribution in [3.8, 4) is 11.5 Å². The number of hydrogen-bond acceptors (Lipinski definition) is 4. The number of nitrogens with two attached hydrogens (primary N) is 1. The Morgan fingerprint density at radius 1 is 1.21 bits per heavy atom. The van der Waals surface area contributed by atoms with E-state index in [-0.39, 0.29) is 18.0 Å². The second-order valence-electron chi connectivity index (χ2n) is 5.07. The maximum Gasteiger partial charge on any atom is 0.268 e. The number of methoxy groups -OCH3 is 2. The molecule has 0 unspecified atom stereocenters. The number of halogens is 1. The molecule has 0 saturated heterocycles. The Labute approximate surface area is 147 Å². The van der Waals surface area contributed by atoms with Gasteiger partial charge in [0.05, 0.1) is 19.8 Å². The van der Waals surface area contributed by atoms with Gasteiger partial charge in [-0.05, 0) is 23.8 Å². The first-order valence-corrected chi connectivity index (χ1v) is 7.81. The highest BCUT2D eigenvalue weighted by molar-refractivity contribution is 9.10. The molecule has 8 heteroatoms. The van der Waals surface area contributed by atoms with Crippen LogP contribution in [0.15, 0.2) is 28.9 Å². The molecule has 0 aliphatic carbocycles. The summed E-state index contributed by atoms with van der Waals surface area (Å²) in [6.07, 6.45) is 1.52. The molecule has 2 aromatic rings. The number of primary amides is 1. The van der Waals surface area contributed by atoms with Crippen LogP contribution in [0, 0.1) is 0 Å². The first-order chi connectivity index (χ1) is 11.4. The molecule has 0 bridgehead atoms. The van der Waals surface area contributed by atoms with Crippen molar-refractivity contribution >= 4 is 27.7 Å². The quantitative estimate of drug-likeness (QED) is 0.779. The van der Waals surface area contributed by atoms with Crippen LogP contribution in [0.25, 0.3) is 0 Å². The van der Waals surface area contributed by atoms with E-state index in [9.17, 15) is 9.59 Å². The molecule has 24 heavy (non-hydrogen) atoms. The molecule has 3 N–H and O–H groups in total. The van der Waals surface area contributed by atoms with Gasteiger partial charge in [0.25, 0.3) is 5.91 Å². The van der Waals surface area contributed by atoms with Gasteiger partial charge in [0.2, 0.25) is 5.91 Å². The Morgan fingerprint density at radius 3 is 2.38 bits per heavy atom. The van der Waals surface area contributed by atoms with Gasteiger partial charge in [-0.1, -0.05) is 15.9 Å². The minimum Gasteiger partial charge on any atom is -0.493 e. The van der Waals surface area contributed by atoms with Crippen molar-refractivity contribution in [2.24, 2.45) is 12.8 Å². The number of nitrogens with zero attached hydrogens (tertiary/aromatic N) is 1. The molecule has 0 fully saturated rings. The number of amides is 2. The van der Waals surface area contributed by atoms with Gasteiger partial charge in [0, 0.05) is 24.3 Å². The summed E-state index contributed by atoms with van der Waals surface area (Å²) >= 11 is 3.44. The van der Waals surface area contributed by atoms with Crippen molar-refractivity contribution in [3.63, 3.8) is 0 Å². The molecule has 1 heterocycles. The monoisotopic (exact) mass is 395 g/mol. The van der Waals surface area contributed by atoms with E-state index in [1.165, 1.54) is 12.3 Å². The van der Waals surface area contributed by atoms with Gasteiger partial charge >= 0.3 is 0 Å². The predicted molar refractivity (Wildman–Crippen MR) is 92.3 cm³/mol. The Balaban J connectivity index is 2.16. The number of aryl methyl sites for hydroxylation is 1. The van der Waals surface area contributed by atoms with Crippen LogP contribution in [0.2, 0.25) is 0 Å². The number of rotatable bonds is 6. The molecule has 0 saturated carbocycles. The van der Waals surface area contributed by atoms with E-state index in [1.54, 1.807) is 38.0 Å². The maximum absolute atomic E-state index is 12.3. The smallest absolute Gasteiger partial charge is 0.268 e.